The van der Waals surface area contributed by atoms with Gasteiger partial charge in [-0.1, -0.05) is 6.07 Å². The van der Waals surface area contributed by atoms with E-state index in [0.29, 0.717) is 18.5 Å². The summed E-state index contributed by atoms with van der Waals surface area (Å²) in [7, 11) is 1.80. The van der Waals surface area contributed by atoms with Crippen LogP contribution in [0.1, 0.15) is 34.8 Å². The summed E-state index contributed by atoms with van der Waals surface area (Å²) in [4.78, 5) is 29.6. The van der Waals surface area contributed by atoms with E-state index in [1.54, 1.807) is 42.3 Å². The van der Waals surface area contributed by atoms with Gasteiger partial charge < -0.3 is 10.4 Å². The van der Waals surface area contributed by atoms with E-state index in [2.05, 4.69) is 15.4 Å². The van der Waals surface area contributed by atoms with Crippen LogP contribution in [0.5, 0.6) is 0 Å². The number of hydrogen-bond donors (Lipinski definition) is 2. The highest BCUT2D eigenvalue weighted by atomic mass is 16.3. The maximum atomic E-state index is 12.8. The number of rotatable bonds is 4. The Morgan fingerprint density at radius 2 is 2.15 bits per heavy atom. The van der Waals surface area contributed by atoms with Crippen LogP contribution >= 0.6 is 0 Å². The molecule has 0 bridgehead atoms. The zero-order valence-electron chi connectivity index (χ0n) is 14.2. The summed E-state index contributed by atoms with van der Waals surface area (Å²) in [6.07, 6.45) is 7.29. The second-order valence-corrected chi connectivity index (χ2v) is 6.69. The second kappa shape index (κ2) is 6.38. The summed E-state index contributed by atoms with van der Waals surface area (Å²) in [6.45, 7) is 0. The van der Waals surface area contributed by atoms with Gasteiger partial charge in [-0.3, -0.25) is 18.7 Å². The fraction of sp³-hybridized carbons (Fsp3) is 0.333. The fourth-order valence-electron chi connectivity index (χ4n) is 3.38. The van der Waals surface area contributed by atoms with E-state index < -0.39 is 11.5 Å². The average Bonchev–Trinajstić information content (AvgIpc) is 3.04. The molecule has 4 rings (SSSR count). The van der Waals surface area contributed by atoms with E-state index in [1.807, 2.05) is 6.20 Å². The second-order valence-electron chi connectivity index (χ2n) is 6.69. The Kier molecular flexibility index (Phi) is 4.04. The first-order chi connectivity index (χ1) is 12.5. The maximum Gasteiger partial charge on any atom is 0.270 e. The van der Waals surface area contributed by atoms with Gasteiger partial charge >= 0.3 is 0 Å². The molecule has 1 aliphatic carbocycles. The van der Waals surface area contributed by atoms with Crippen LogP contribution in [0.25, 0.3) is 5.65 Å². The molecule has 3 aromatic rings. The number of carbonyl (C=O) groups excluding carboxylic acids is 1. The monoisotopic (exact) mass is 353 g/mol. The Bertz CT molecular complexity index is 1020. The van der Waals surface area contributed by atoms with Gasteiger partial charge in [0.2, 0.25) is 0 Å². The predicted octanol–water partition coefficient (Wildman–Crippen LogP) is 0.670. The third-order valence-electron chi connectivity index (χ3n) is 4.85. The third-order valence-corrected chi connectivity index (χ3v) is 4.85. The molecule has 0 saturated heterocycles. The van der Waals surface area contributed by atoms with Gasteiger partial charge in [-0.25, -0.2) is 4.98 Å². The molecule has 134 valence electrons. The number of amides is 1. The van der Waals surface area contributed by atoms with Gasteiger partial charge in [0.15, 0.2) is 0 Å². The molecule has 0 aliphatic heterocycles. The first kappa shape index (κ1) is 16.5. The van der Waals surface area contributed by atoms with Crippen molar-refractivity contribution in [2.75, 3.05) is 0 Å². The molecule has 0 spiro atoms. The van der Waals surface area contributed by atoms with E-state index in [9.17, 15) is 14.7 Å². The van der Waals surface area contributed by atoms with Crippen LogP contribution in [0.2, 0.25) is 0 Å². The summed E-state index contributed by atoms with van der Waals surface area (Å²) in [5.74, 6) is -0.370. The number of carbonyl (C=O) groups is 1. The van der Waals surface area contributed by atoms with Crippen molar-refractivity contribution < 1.29 is 9.90 Å². The summed E-state index contributed by atoms with van der Waals surface area (Å²) < 4.78 is 3.01. The first-order valence-corrected chi connectivity index (χ1v) is 8.47. The number of nitrogens with zero attached hydrogens (tertiary/aromatic N) is 4. The van der Waals surface area contributed by atoms with Gasteiger partial charge in [-0.2, -0.15) is 5.10 Å². The third kappa shape index (κ3) is 2.88. The zero-order chi connectivity index (χ0) is 18.3. The van der Waals surface area contributed by atoms with Crippen molar-refractivity contribution >= 4 is 11.6 Å². The van der Waals surface area contributed by atoms with Gasteiger partial charge in [0.25, 0.3) is 11.5 Å². The van der Waals surface area contributed by atoms with Crippen LogP contribution in [-0.2, 0) is 7.05 Å². The fourth-order valence-corrected chi connectivity index (χ4v) is 3.38. The van der Waals surface area contributed by atoms with Crippen LogP contribution in [0.4, 0.5) is 0 Å². The highest BCUT2D eigenvalue weighted by Gasteiger charge is 2.36. The van der Waals surface area contributed by atoms with Crippen molar-refractivity contribution in [1.82, 2.24) is 24.5 Å². The van der Waals surface area contributed by atoms with Crippen molar-refractivity contribution in [2.45, 2.75) is 25.0 Å². The van der Waals surface area contributed by atoms with Crippen molar-refractivity contribution in [3.05, 3.63) is 64.5 Å². The number of hydrogen-bond acceptors (Lipinski definition) is 5. The summed E-state index contributed by atoms with van der Waals surface area (Å²) in [5, 5.41) is 16.7. The molecule has 3 aromatic heterocycles. The van der Waals surface area contributed by atoms with Gasteiger partial charge in [-0.15, -0.1) is 0 Å². The lowest BCUT2D eigenvalue weighted by atomic mass is 9.75. The van der Waals surface area contributed by atoms with Crippen molar-refractivity contribution in [1.29, 1.82) is 0 Å². The van der Waals surface area contributed by atoms with Gasteiger partial charge in [-0.05, 0) is 30.9 Å². The Morgan fingerprint density at radius 3 is 2.85 bits per heavy atom. The van der Waals surface area contributed by atoms with Crippen LogP contribution < -0.4 is 10.9 Å². The molecule has 0 aromatic carbocycles. The molecule has 1 amide bonds. The number of aliphatic hydroxyl groups excluding tert-OH is 1. The minimum Gasteiger partial charge on any atom is -0.393 e. The number of pyridine rings is 1. The topological polar surface area (TPSA) is 102 Å². The normalized spacial score (nSPS) is 20.5. The van der Waals surface area contributed by atoms with E-state index in [4.69, 9.17) is 0 Å². The van der Waals surface area contributed by atoms with Crippen molar-refractivity contribution in [2.24, 2.45) is 13.0 Å². The smallest absolute Gasteiger partial charge is 0.270 e. The molecule has 1 saturated carbocycles. The highest BCUT2D eigenvalue weighted by molar-refractivity contribution is 5.94. The van der Waals surface area contributed by atoms with E-state index >= 15 is 0 Å². The largest absolute Gasteiger partial charge is 0.393 e. The summed E-state index contributed by atoms with van der Waals surface area (Å²) in [6, 6.07) is 4.89. The first-order valence-electron chi connectivity index (χ1n) is 8.47. The number of nitrogens with one attached hydrogen (secondary N) is 1. The number of aliphatic hydroxyl groups is 1. The minimum atomic E-state index is -0.476. The van der Waals surface area contributed by atoms with Crippen molar-refractivity contribution in [3.8, 4) is 0 Å². The molecule has 1 atom stereocenters. The molecule has 3 heterocycles. The average molecular weight is 353 g/mol. The highest BCUT2D eigenvalue weighted by Crippen LogP contribution is 2.38. The predicted molar refractivity (Wildman–Crippen MR) is 93.6 cm³/mol. The molecule has 2 N–H and O–H groups in total. The Labute approximate surface area is 149 Å². The molecule has 26 heavy (non-hydrogen) atoms. The van der Waals surface area contributed by atoms with Crippen LogP contribution in [0.15, 0.2) is 47.8 Å². The summed E-state index contributed by atoms with van der Waals surface area (Å²) in [5.41, 5.74) is 0.917. The SMILES string of the molecule is Cn1cc(C(NC(=O)c2cnc3ccccn3c2=O)C2CC(O)C2)cn1. The Balaban J connectivity index is 1.64. The molecular formula is C18H19N5O3. The minimum absolute atomic E-state index is 0.0116. The number of aryl methyl sites for hydroxylation is 1. The van der Waals surface area contributed by atoms with Crippen molar-refractivity contribution in [3.63, 3.8) is 0 Å². The Hall–Kier alpha value is -3.00. The van der Waals surface area contributed by atoms with Crippen LogP contribution in [0.3, 0.4) is 0 Å². The quantitative estimate of drug-likeness (QED) is 0.718. The summed E-state index contributed by atoms with van der Waals surface area (Å²) >= 11 is 0. The number of aromatic nitrogens is 4. The van der Waals surface area contributed by atoms with Crippen LogP contribution in [-0.4, -0.2) is 36.3 Å². The van der Waals surface area contributed by atoms with E-state index in [-0.39, 0.29) is 23.6 Å². The lowest BCUT2D eigenvalue weighted by Gasteiger charge is -2.37. The standard InChI is InChI=1S/C18H19N5O3/c1-22-10-12(8-20-22)16(11-6-13(24)7-11)21-17(25)14-9-19-15-4-2-3-5-23(15)18(14)26/h2-5,8-11,13,16,24H,6-7H2,1H3,(H,21,25). The Morgan fingerprint density at radius 1 is 1.35 bits per heavy atom. The van der Waals surface area contributed by atoms with E-state index in [1.165, 1.54) is 10.6 Å². The lowest BCUT2D eigenvalue weighted by Crippen LogP contribution is -2.42. The van der Waals surface area contributed by atoms with Gasteiger partial charge in [0.05, 0.1) is 18.3 Å². The molecule has 8 nitrogen and oxygen atoms in total. The molecule has 1 aliphatic rings. The van der Waals surface area contributed by atoms with Gasteiger partial charge in [0.1, 0.15) is 11.2 Å². The molecule has 8 heteroatoms. The molecule has 1 unspecified atom stereocenters. The van der Waals surface area contributed by atoms with Gasteiger partial charge in [0, 0.05) is 31.2 Å². The molecule has 1 fully saturated rings. The molecule has 0 radical (unpaired) electrons. The van der Waals surface area contributed by atoms with E-state index in [0.717, 1.165) is 5.56 Å². The van der Waals surface area contributed by atoms with Crippen LogP contribution in [0, 0.1) is 5.92 Å². The number of fused-ring (bicyclic) bond motifs is 1. The lowest BCUT2D eigenvalue weighted by molar-refractivity contribution is 0.0235. The maximum absolute atomic E-state index is 12.8. The molecular weight excluding hydrogens is 334 g/mol. The zero-order valence-corrected chi connectivity index (χ0v) is 14.2.